The Kier molecular flexibility index (Phi) is 7.23. The molecule has 1 aromatic carbocycles. The summed E-state index contributed by atoms with van der Waals surface area (Å²) in [4.78, 5) is 35.9. The summed E-state index contributed by atoms with van der Waals surface area (Å²) in [7, 11) is 2.89. The minimum absolute atomic E-state index is 0.121. The lowest BCUT2D eigenvalue weighted by molar-refractivity contribution is -0.157. The largest absolute Gasteiger partial charge is 0.479 e. The molecule has 8 nitrogen and oxygen atoms in total. The lowest BCUT2D eigenvalue weighted by atomic mass is 10.2. The van der Waals surface area contributed by atoms with Crippen LogP contribution in [0.15, 0.2) is 24.3 Å². The van der Waals surface area contributed by atoms with Gasteiger partial charge in [-0.1, -0.05) is 0 Å². The average molecular weight is 333 g/mol. The molecule has 1 N–H and O–H groups in total. The zero-order valence-corrected chi connectivity index (χ0v) is 13.7. The molecular formula is C16H19N3O5. The molecule has 0 aliphatic carbocycles. The van der Waals surface area contributed by atoms with E-state index in [0.717, 1.165) is 4.90 Å². The van der Waals surface area contributed by atoms with Gasteiger partial charge in [0.2, 0.25) is 5.91 Å². The SMILES string of the molecule is CNC(=O)CN(C)C(=O)COC(=O)[C@H](C)Oc1ccc(C#N)cc1. The van der Waals surface area contributed by atoms with Crippen molar-refractivity contribution in [2.75, 3.05) is 27.2 Å². The Balaban J connectivity index is 2.44. The number of amides is 2. The Bertz CT molecular complexity index is 636. The second kappa shape index (κ2) is 9.15. The molecule has 1 rings (SSSR count). The van der Waals surface area contributed by atoms with E-state index in [2.05, 4.69) is 5.32 Å². The number of nitrogens with one attached hydrogen (secondary N) is 1. The predicted octanol–water partition coefficient (Wildman–Crippen LogP) is 0.0732. The van der Waals surface area contributed by atoms with Gasteiger partial charge in [-0.3, -0.25) is 9.59 Å². The van der Waals surface area contributed by atoms with Crippen molar-refractivity contribution in [3.05, 3.63) is 29.8 Å². The molecule has 1 aromatic rings. The van der Waals surface area contributed by atoms with E-state index in [0.29, 0.717) is 11.3 Å². The zero-order chi connectivity index (χ0) is 18.1. The number of likely N-dealkylation sites (N-methyl/N-ethyl adjacent to an activating group) is 2. The van der Waals surface area contributed by atoms with Gasteiger partial charge in [0.15, 0.2) is 12.7 Å². The van der Waals surface area contributed by atoms with Gasteiger partial charge in [-0.15, -0.1) is 0 Å². The summed E-state index contributed by atoms with van der Waals surface area (Å²) in [6, 6.07) is 8.21. The number of hydrogen-bond donors (Lipinski definition) is 1. The van der Waals surface area contributed by atoms with Gasteiger partial charge >= 0.3 is 5.97 Å². The molecule has 0 aliphatic rings. The molecular weight excluding hydrogens is 314 g/mol. The quantitative estimate of drug-likeness (QED) is 0.708. The van der Waals surface area contributed by atoms with Gasteiger partial charge in [0.1, 0.15) is 5.75 Å². The predicted molar refractivity (Wildman–Crippen MR) is 83.9 cm³/mol. The highest BCUT2D eigenvalue weighted by Crippen LogP contribution is 2.13. The van der Waals surface area contributed by atoms with E-state index in [-0.39, 0.29) is 12.5 Å². The number of nitriles is 1. The average Bonchev–Trinajstić information content (AvgIpc) is 2.59. The van der Waals surface area contributed by atoms with Crippen molar-refractivity contribution in [2.24, 2.45) is 0 Å². The van der Waals surface area contributed by atoms with Gasteiger partial charge in [0.05, 0.1) is 18.2 Å². The first-order valence-electron chi connectivity index (χ1n) is 7.15. The van der Waals surface area contributed by atoms with Crippen LogP contribution in [0.3, 0.4) is 0 Å². The Morgan fingerprint density at radius 3 is 2.46 bits per heavy atom. The summed E-state index contributed by atoms with van der Waals surface area (Å²) in [5.41, 5.74) is 0.474. The maximum absolute atomic E-state index is 11.8. The van der Waals surface area contributed by atoms with Gasteiger partial charge < -0.3 is 19.7 Å². The number of benzene rings is 1. The van der Waals surface area contributed by atoms with Crippen molar-refractivity contribution < 1.29 is 23.9 Å². The number of hydrogen-bond acceptors (Lipinski definition) is 6. The first-order valence-corrected chi connectivity index (χ1v) is 7.15. The molecule has 2 amide bonds. The summed E-state index contributed by atoms with van der Waals surface area (Å²) >= 11 is 0. The smallest absolute Gasteiger partial charge is 0.347 e. The molecule has 0 radical (unpaired) electrons. The molecule has 0 heterocycles. The van der Waals surface area contributed by atoms with Gasteiger partial charge in [-0.25, -0.2) is 4.79 Å². The molecule has 0 aromatic heterocycles. The summed E-state index contributed by atoms with van der Waals surface area (Å²) in [6.07, 6.45) is -0.921. The van der Waals surface area contributed by atoms with Crippen molar-refractivity contribution >= 4 is 17.8 Å². The summed E-state index contributed by atoms with van der Waals surface area (Å²) in [6.45, 7) is 0.886. The third-order valence-corrected chi connectivity index (χ3v) is 3.05. The maximum Gasteiger partial charge on any atom is 0.347 e. The van der Waals surface area contributed by atoms with Crippen LogP contribution in [-0.2, 0) is 19.1 Å². The topological polar surface area (TPSA) is 109 Å². The van der Waals surface area contributed by atoms with Crippen molar-refractivity contribution in [3.63, 3.8) is 0 Å². The van der Waals surface area contributed by atoms with Gasteiger partial charge in [-0.2, -0.15) is 5.26 Å². The normalized spacial score (nSPS) is 10.9. The molecule has 0 unspecified atom stereocenters. The minimum atomic E-state index is -0.921. The fraction of sp³-hybridized carbons (Fsp3) is 0.375. The van der Waals surface area contributed by atoms with E-state index in [4.69, 9.17) is 14.7 Å². The van der Waals surface area contributed by atoms with Crippen LogP contribution in [0.4, 0.5) is 0 Å². The summed E-state index contributed by atoms with van der Waals surface area (Å²) < 4.78 is 10.3. The van der Waals surface area contributed by atoms with Crippen LogP contribution < -0.4 is 10.1 Å². The number of carbonyl (C=O) groups is 3. The Morgan fingerprint density at radius 1 is 1.29 bits per heavy atom. The lowest BCUT2D eigenvalue weighted by Gasteiger charge is -2.17. The van der Waals surface area contributed by atoms with Crippen LogP contribution in [-0.4, -0.2) is 56.0 Å². The lowest BCUT2D eigenvalue weighted by Crippen LogP contribution is -2.39. The van der Waals surface area contributed by atoms with Crippen molar-refractivity contribution in [1.82, 2.24) is 10.2 Å². The van der Waals surface area contributed by atoms with E-state index in [1.165, 1.54) is 21.0 Å². The van der Waals surface area contributed by atoms with E-state index in [1.54, 1.807) is 24.3 Å². The Labute approximate surface area is 139 Å². The van der Waals surface area contributed by atoms with Crippen molar-refractivity contribution in [1.29, 1.82) is 5.26 Å². The van der Waals surface area contributed by atoms with Gasteiger partial charge in [0, 0.05) is 14.1 Å². The molecule has 1 atom stereocenters. The van der Waals surface area contributed by atoms with Crippen LogP contribution in [0, 0.1) is 11.3 Å². The monoisotopic (exact) mass is 333 g/mol. The van der Waals surface area contributed by atoms with Crippen LogP contribution >= 0.6 is 0 Å². The molecule has 0 saturated carbocycles. The number of rotatable bonds is 7. The Hall–Kier alpha value is -3.08. The number of ether oxygens (including phenoxy) is 2. The van der Waals surface area contributed by atoms with Crippen LogP contribution in [0.25, 0.3) is 0 Å². The maximum atomic E-state index is 11.8. The van der Waals surface area contributed by atoms with E-state index >= 15 is 0 Å². The van der Waals surface area contributed by atoms with E-state index in [9.17, 15) is 14.4 Å². The molecule has 0 aliphatic heterocycles. The third-order valence-electron chi connectivity index (χ3n) is 3.05. The third kappa shape index (κ3) is 5.96. The highest BCUT2D eigenvalue weighted by molar-refractivity contribution is 5.86. The van der Waals surface area contributed by atoms with Gasteiger partial charge in [-0.05, 0) is 31.2 Å². The summed E-state index contributed by atoms with van der Waals surface area (Å²) in [5.74, 6) is -1.13. The molecule has 0 spiro atoms. The molecule has 0 fully saturated rings. The zero-order valence-electron chi connectivity index (χ0n) is 13.7. The van der Waals surface area contributed by atoms with Crippen LogP contribution in [0.2, 0.25) is 0 Å². The highest BCUT2D eigenvalue weighted by Gasteiger charge is 2.19. The molecule has 24 heavy (non-hydrogen) atoms. The van der Waals surface area contributed by atoms with Crippen molar-refractivity contribution in [2.45, 2.75) is 13.0 Å². The first-order chi connectivity index (χ1) is 11.4. The fourth-order valence-corrected chi connectivity index (χ4v) is 1.60. The number of carbonyl (C=O) groups excluding carboxylic acids is 3. The second-order valence-electron chi connectivity index (χ2n) is 4.93. The van der Waals surface area contributed by atoms with Crippen LogP contribution in [0.1, 0.15) is 12.5 Å². The highest BCUT2D eigenvalue weighted by atomic mass is 16.6. The molecule has 0 bridgehead atoms. The van der Waals surface area contributed by atoms with Crippen LogP contribution in [0.5, 0.6) is 5.75 Å². The number of esters is 1. The number of nitrogens with zero attached hydrogens (tertiary/aromatic N) is 2. The van der Waals surface area contributed by atoms with E-state index in [1.807, 2.05) is 6.07 Å². The molecule has 8 heteroatoms. The van der Waals surface area contributed by atoms with E-state index < -0.39 is 24.6 Å². The molecule has 128 valence electrons. The first kappa shape index (κ1) is 19.0. The standard InChI is InChI=1S/C16H19N3O5/c1-11(24-13-6-4-12(8-17)5-7-13)16(22)23-10-15(21)19(3)9-14(20)18-2/h4-7,11H,9-10H2,1-3H3,(H,18,20)/t11-/m0/s1. The van der Waals surface area contributed by atoms with Gasteiger partial charge in [0.25, 0.3) is 5.91 Å². The minimum Gasteiger partial charge on any atom is -0.479 e. The second-order valence-corrected chi connectivity index (χ2v) is 4.93. The summed E-state index contributed by atoms with van der Waals surface area (Å²) in [5, 5.41) is 11.1. The molecule has 0 saturated heterocycles. The Morgan fingerprint density at radius 2 is 1.92 bits per heavy atom. The van der Waals surface area contributed by atoms with Crippen molar-refractivity contribution in [3.8, 4) is 11.8 Å². The fourth-order valence-electron chi connectivity index (χ4n) is 1.60.